The highest BCUT2D eigenvalue weighted by Gasteiger charge is 2.30. The monoisotopic (exact) mass is 361 g/mol. The summed E-state index contributed by atoms with van der Waals surface area (Å²) in [6.07, 6.45) is 2.66. The molecule has 0 bridgehead atoms. The number of hydrogen-bond acceptors (Lipinski definition) is 5. The number of benzene rings is 1. The second-order valence-electron chi connectivity index (χ2n) is 6.12. The molecule has 6 nitrogen and oxygen atoms in total. The van der Waals surface area contributed by atoms with Gasteiger partial charge in [0, 0.05) is 6.54 Å². The van der Waals surface area contributed by atoms with E-state index in [9.17, 15) is 9.59 Å². The maximum Gasteiger partial charge on any atom is 0.335 e. The molecule has 0 saturated carbocycles. The van der Waals surface area contributed by atoms with Crippen molar-refractivity contribution in [1.29, 1.82) is 0 Å². The largest absolute Gasteiger partial charge is 0.494 e. The second-order valence-corrected chi connectivity index (χ2v) is 6.12. The third-order valence-electron chi connectivity index (χ3n) is 4.28. The van der Waals surface area contributed by atoms with Crippen molar-refractivity contribution in [2.45, 2.75) is 38.8 Å². The minimum absolute atomic E-state index is 0.00585. The van der Waals surface area contributed by atoms with Gasteiger partial charge in [-0.15, -0.1) is 6.58 Å². The van der Waals surface area contributed by atoms with E-state index >= 15 is 0 Å². The molecule has 1 saturated heterocycles. The molecule has 0 spiro atoms. The molecule has 2 unspecified atom stereocenters. The predicted octanol–water partition coefficient (Wildman–Crippen LogP) is 2.88. The molecule has 6 heteroatoms. The smallest absolute Gasteiger partial charge is 0.335 e. The Bertz CT molecular complexity index is 613. The number of likely N-dealkylation sites (tertiary alicyclic amines) is 1. The molecule has 1 amide bonds. The normalized spacial score (nSPS) is 17.6. The highest BCUT2D eigenvalue weighted by Crippen LogP contribution is 2.32. The predicted molar refractivity (Wildman–Crippen MR) is 97.9 cm³/mol. The zero-order valence-electron chi connectivity index (χ0n) is 15.5. The van der Waals surface area contributed by atoms with Crippen LogP contribution in [-0.2, 0) is 19.1 Å². The minimum atomic E-state index is -0.721. The molecular weight excluding hydrogens is 334 g/mol. The lowest BCUT2D eigenvalue weighted by Gasteiger charge is -2.25. The Morgan fingerprint density at radius 2 is 2.08 bits per heavy atom. The van der Waals surface area contributed by atoms with E-state index in [1.807, 2.05) is 31.2 Å². The number of carbonyl (C=O) groups is 2. The first-order valence-corrected chi connectivity index (χ1v) is 8.98. The highest BCUT2D eigenvalue weighted by atomic mass is 16.6. The Labute approximate surface area is 154 Å². The van der Waals surface area contributed by atoms with Gasteiger partial charge >= 0.3 is 5.97 Å². The van der Waals surface area contributed by atoms with Crippen molar-refractivity contribution in [2.24, 2.45) is 0 Å². The molecule has 26 heavy (non-hydrogen) atoms. The van der Waals surface area contributed by atoms with Crippen molar-refractivity contribution in [3.8, 4) is 5.75 Å². The molecule has 2 atom stereocenters. The lowest BCUT2D eigenvalue weighted by molar-refractivity contribution is -0.160. The molecule has 2 rings (SSSR count). The van der Waals surface area contributed by atoms with E-state index in [2.05, 4.69) is 6.58 Å². The van der Waals surface area contributed by atoms with Gasteiger partial charge in [0.05, 0.1) is 19.3 Å². The molecule has 0 radical (unpaired) electrons. The Hall–Kier alpha value is -2.34. The summed E-state index contributed by atoms with van der Waals surface area (Å²) in [6, 6.07) is 7.81. The fraction of sp³-hybridized carbons (Fsp3) is 0.500. The summed E-state index contributed by atoms with van der Waals surface area (Å²) in [5.74, 6) is 0.0808. The second kappa shape index (κ2) is 9.97. The standard InChI is InChI=1S/C20H27NO5/c1-4-13-25-15(3)20(23)26-14-19(22)21-12-6-7-18(21)16-8-10-17(11-9-16)24-5-2/h4,8-11,15,18H,1,5-7,12-14H2,2-3H3. The summed E-state index contributed by atoms with van der Waals surface area (Å²) >= 11 is 0. The molecule has 1 aliphatic heterocycles. The summed E-state index contributed by atoms with van der Waals surface area (Å²) in [7, 11) is 0. The molecule has 1 aliphatic rings. The average molecular weight is 361 g/mol. The topological polar surface area (TPSA) is 65.1 Å². The molecule has 1 aromatic carbocycles. The molecule has 1 fully saturated rings. The number of hydrogen-bond donors (Lipinski definition) is 0. The van der Waals surface area contributed by atoms with E-state index in [-0.39, 0.29) is 25.2 Å². The first-order valence-electron chi connectivity index (χ1n) is 8.98. The third-order valence-corrected chi connectivity index (χ3v) is 4.28. The molecule has 1 aromatic rings. The van der Waals surface area contributed by atoms with Gasteiger partial charge in [0.1, 0.15) is 5.75 Å². The number of amides is 1. The number of esters is 1. The molecule has 0 aliphatic carbocycles. The van der Waals surface area contributed by atoms with Gasteiger partial charge in [0.15, 0.2) is 12.7 Å². The van der Waals surface area contributed by atoms with E-state index < -0.39 is 12.1 Å². The number of rotatable bonds is 9. The van der Waals surface area contributed by atoms with Gasteiger partial charge in [-0.3, -0.25) is 4.79 Å². The van der Waals surface area contributed by atoms with Gasteiger partial charge < -0.3 is 19.1 Å². The van der Waals surface area contributed by atoms with Crippen LogP contribution in [0.3, 0.4) is 0 Å². The Kier molecular flexibility index (Phi) is 7.66. The zero-order valence-corrected chi connectivity index (χ0v) is 15.5. The van der Waals surface area contributed by atoms with Gasteiger partial charge in [-0.2, -0.15) is 0 Å². The van der Waals surface area contributed by atoms with E-state index in [1.165, 1.54) is 0 Å². The van der Waals surface area contributed by atoms with Gasteiger partial charge in [-0.05, 0) is 44.4 Å². The SMILES string of the molecule is C=CCOC(C)C(=O)OCC(=O)N1CCCC1c1ccc(OCC)cc1. The van der Waals surface area contributed by atoms with Gasteiger partial charge in [-0.1, -0.05) is 18.2 Å². The van der Waals surface area contributed by atoms with Crippen LogP contribution in [0.25, 0.3) is 0 Å². The summed E-state index contributed by atoms with van der Waals surface area (Å²) in [6.45, 7) is 8.33. The number of nitrogens with zero attached hydrogens (tertiary/aromatic N) is 1. The molecule has 1 heterocycles. The van der Waals surface area contributed by atoms with Crippen molar-refractivity contribution >= 4 is 11.9 Å². The molecule has 142 valence electrons. The van der Waals surface area contributed by atoms with Crippen LogP contribution in [0.2, 0.25) is 0 Å². The van der Waals surface area contributed by atoms with Crippen LogP contribution in [0.4, 0.5) is 0 Å². The molecule has 0 N–H and O–H groups in total. The summed E-state index contributed by atoms with van der Waals surface area (Å²) in [5.41, 5.74) is 1.06. The Morgan fingerprint density at radius 1 is 1.35 bits per heavy atom. The molecular formula is C20H27NO5. The quantitative estimate of drug-likeness (QED) is 0.500. The van der Waals surface area contributed by atoms with E-state index in [1.54, 1.807) is 17.9 Å². The van der Waals surface area contributed by atoms with Crippen LogP contribution in [0.1, 0.15) is 38.3 Å². The van der Waals surface area contributed by atoms with Crippen molar-refractivity contribution < 1.29 is 23.8 Å². The summed E-state index contributed by atoms with van der Waals surface area (Å²) < 4.78 is 15.8. The van der Waals surface area contributed by atoms with Crippen molar-refractivity contribution in [3.63, 3.8) is 0 Å². The van der Waals surface area contributed by atoms with Crippen LogP contribution in [0, 0.1) is 0 Å². The Balaban J connectivity index is 1.91. The number of carbonyl (C=O) groups excluding carboxylic acids is 2. The van der Waals surface area contributed by atoms with Gasteiger partial charge in [0.25, 0.3) is 5.91 Å². The summed E-state index contributed by atoms with van der Waals surface area (Å²) in [5, 5.41) is 0. The lowest BCUT2D eigenvalue weighted by atomic mass is 10.0. The fourth-order valence-electron chi connectivity index (χ4n) is 2.98. The highest BCUT2D eigenvalue weighted by molar-refractivity contribution is 5.82. The van der Waals surface area contributed by atoms with Crippen molar-refractivity contribution in [3.05, 3.63) is 42.5 Å². The van der Waals surface area contributed by atoms with Crippen molar-refractivity contribution in [1.82, 2.24) is 4.90 Å². The zero-order chi connectivity index (χ0) is 18.9. The van der Waals surface area contributed by atoms with E-state index in [4.69, 9.17) is 14.2 Å². The fourth-order valence-corrected chi connectivity index (χ4v) is 2.98. The minimum Gasteiger partial charge on any atom is -0.494 e. The van der Waals surface area contributed by atoms with Crippen LogP contribution >= 0.6 is 0 Å². The van der Waals surface area contributed by atoms with Gasteiger partial charge in [0.2, 0.25) is 0 Å². The van der Waals surface area contributed by atoms with E-state index in [0.29, 0.717) is 13.2 Å². The third kappa shape index (κ3) is 5.33. The molecule has 0 aromatic heterocycles. The van der Waals surface area contributed by atoms with Crippen LogP contribution in [-0.4, -0.2) is 49.2 Å². The lowest BCUT2D eigenvalue weighted by Crippen LogP contribution is -2.35. The van der Waals surface area contributed by atoms with Crippen LogP contribution in [0.15, 0.2) is 36.9 Å². The van der Waals surface area contributed by atoms with Crippen molar-refractivity contribution in [2.75, 3.05) is 26.4 Å². The maximum atomic E-state index is 12.5. The summed E-state index contributed by atoms with van der Waals surface area (Å²) in [4.78, 5) is 26.1. The number of ether oxygens (including phenoxy) is 3. The van der Waals surface area contributed by atoms with Gasteiger partial charge in [-0.25, -0.2) is 4.79 Å². The van der Waals surface area contributed by atoms with Crippen LogP contribution < -0.4 is 4.74 Å². The first-order chi connectivity index (χ1) is 12.6. The average Bonchev–Trinajstić information content (AvgIpc) is 3.14. The maximum absolute atomic E-state index is 12.5. The Morgan fingerprint density at radius 3 is 2.73 bits per heavy atom. The first kappa shape index (κ1) is 20.0. The van der Waals surface area contributed by atoms with Crippen LogP contribution in [0.5, 0.6) is 5.75 Å². The van der Waals surface area contributed by atoms with E-state index in [0.717, 1.165) is 24.2 Å².